The number of rotatable bonds is 5. The van der Waals surface area contributed by atoms with Crippen LogP contribution in [0, 0.1) is 22.9 Å². The van der Waals surface area contributed by atoms with E-state index in [1.807, 2.05) is 0 Å². The van der Waals surface area contributed by atoms with Gasteiger partial charge in [0, 0.05) is 17.5 Å². The van der Waals surface area contributed by atoms with Crippen LogP contribution in [0.4, 0.5) is 10.1 Å². The Morgan fingerprint density at radius 2 is 2.14 bits per heavy atom. The van der Waals surface area contributed by atoms with E-state index < -0.39 is 26.5 Å². The van der Waals surface area contributed by atoms with Gasteiger partial charge in [-0.15, -0.1) is 11.3 Å². The number of aryl methyl sites for hydroxylation is 1. The SMILES string of the molecule is Cc1cc(S(=O)(=O)NCc2cccs2)cc([N+](=O)[O-])c1F. The van der Waals surface area contributed by atoms with Crippen LogP contribution in [0.3, 0.4) is 0 Å². The van der Waals surface area contributed by atoms with E-state index >= 15 is 0 Å². The van der Waals surface area contributed by atoms with E-state index in [0.29, 0.717) is 0 Å². The number of nitrogens with one attached hydrogen (secondary N) is 1. The van der Waals surface area contributed by atoms with Crippen molar-refractivity contribution in [3.63, 3.8) is 0 Å². The quantitative estimate of drug-likeness (QED) is 0.674. The van der Waals surface area contributed by atoms with Crippen LogP contribution < -0.4 is 4.72 Å². The highest BCUT2D eigenvalue weighted by atomic mass is 32.2. The molecule has 112 valence electrons. The van der Waals surface area contributed by atoms with Gasteiger partial charge in [0.25, 0.3) is 0 Å². The van der Waals surface area contributed by atoms with Gasteiger partial charge in [-0.05, 0) is 30.0 Å². The lowest BCUT2D eigenvalue weighted by molar-refractivity contribution is -0.387. The molecule has 0 unspecified atom stereocenters. The van der Waals surface area contributed by atoms with Crippen molar-refractivity contribution < 1.29 is 17.7 Å². The Bertz CT molecular complexity index is 773. The highest BCUT2D eigenvalue weighted by Crippen LogP contribution is 2.25. The van der Waals surface area contributed by atoms with Crippen molar-refractivity contribution in [1.29, 1.82) is 0 Å². The molecule has 0 saturated heterocycles. The molecule has 0 aliphatic heterocycles. The lowest BCUT2D eigenvalue weighted by atomic mass is 10.2. The van der Waals surface area contributed by atoms with E-state index in [1.54, 1.807) is 17.5 Å². The largest absolute Gasteiger partial charge is 0.306 e. The fraction of sp³-hybridized carbons (Fsp3) is 0.167. The monoisotopic (exact) mass is 330 g/mol. The molecular formula is C12H11FN2O4S2. The van der Waals surface area contributed by atoms with Crippen LogP contribution in [-0.4, -0.2) is 13.3 Å². The van der Waals surface area contributed by atoms with Crippen molar-refractivity contribution in [2.24, 2.45) is 0 Å². The number of thiophene rings is 1. The Labute approximate surface area is 124 Å². The van der Waals surface area contributed by atoms with Crippen LogP contribution in [0.15, 0.2) is 34.5 Å². The number of hydrogen-bond acceptors (Lipinski definition) is 5. The third-order valence-electron chi connectivity index (χ3n) is 2.73. The summed E-state index contributed by atoms with van der Waals surface area (Å²) in [7, 11) is -3.95. The number of benzene rings is 1. The summed E-state index contributed by atoms with van der Waals surface area (Å²) in [5, 5.41) is 12.6. The molecule has 21 heavy (non-hydrogen) atoms. The molecule has 0 spiro atoms. The van der Waals surface area contributed by atoms with Gasteiger partial charge < -0.3 is 0 Å². The van der Waals surface area contributed by atoms with Crippen molar-refractivity contribution in [2.45, 2.75) is 18.4 Å². The van der Waals surface area contributed by atoms with Crippen molar-refractivity contribution in [2.75, 3.05) is 0 Å². The topological polar surface area (TPSA) is 89.3 Å². The molecule has 0 radical (unpaired) electrons. The van der Waals surface area contributed by atoms with E-state index in [9.17, 15) is 22.9 Å². The van der Waals surface area contributed by atoms with E-state index in [4.69, 9.17) is 0 Å². The molecule has 0 atom stereocenters. The van der Waals surface area contributed by atoms with Crippen molar-refractivity contribution >= 4 is 27.0 Å². The average molecular weight is 330 g/mol. The smallest absolute Gasteiger partial charge is 0.258 e. The van der Waals surface area contributed by atoms with E-state index in [2.05, 4.69) is 4.72 Å². The number of nitro groups is 1. The maximum Gasteiger partial charge on any atom is 0.306 e. The summed E-state index contributed by atoms with van der Waals surface area (Å²) >= 11 is 1.38. The molecule has 2 rings (SSSR count). The Morgan fingerprint density at radius 3 is 2.71 bits per heavy atom. The van der Waals surface area contributed by atoms with E-state index in [1.165, 1.54) is 18.3 Å². The van der Waals surface area contributed by atoms with Crippen LogP contribution in [0.25, 0.3) is 0 Å². The predicted molar refractivity (Wildman–Crippen MR) is 76.1 cm³/mol. The normalized spacial score (nSPS) is 11.5. The van der Waals surface area contributed by atoms with Crippen LogP contribution in [0.1, 0.15) is 10.4 Å². The third kappa shape index (κ3) is 3.43. The molecule has 0 aliphatic rings. The van der Waals surface area contributed by atoms with E-state index in [-0.39, 0.29) is 17.0 Å². The predicted octanol–water partition coefficient (Wildman–Crippen LogP) is 2.58. The molecule has 0 fully saturated rings. The van der Waals surface area contributed by atoms with Gasteiger partial charge in [-0.25, -0.2) is 13.1 Å². The maximum absolute atomic E-state index is 13.6. The number of hydrogen-bond donors (Lipinski definition) is 1. The minimum atomic E-state index is -3.95. The van der Waals surface area contributed by atoms with Gasteiger partial charge in [-0.1, -0.05) is 6.07 Å². The van der Waals surface area contributed by atoms with Crippen LogP contribution in [-0.2, 0) is 16.6 Å². The summed E-state index contributed by atoms with van der Waals surface area (Å²) in [5.74, 6) is -1.03. The molecule has 2 aromatic rings. The third-order valence-corrected chi connectivity index (χ3v) is 4.99. The van der Waals surface area contributed by atoms with Gasteiger partial charge >= 0.3 is 5.69 Å². The van der Waals surface area contributed by atoms with Gasteiger partial charge in [-0.3, -0.25) is 10.1 Å². The Kier molecular flexibility index (Phi) is 4.35. The standard InChI is InChI=1S/C12H11FN2O4S2/c1-8-5-10(6-11(12(8)13)15(16)17)21(18,19)14-7-9-3-2-4-20-9/h2-6,14H,7H2,1H3. The first-order chi connectivity index (χ1) is 9.81. The van der Waals surface area contributed by atoms with Gasteiger partial charge in [0.05, 0.1) is 9.82 Å². The van der Waals surface area contributed by atoms with Crippen molar-refractivity contribution in [1.82, 2.24) is 4.72 Å². The van der Waals surface area contributed by atoms with Crippen molar-refractivity contribution in [3.8, 4) is 0 Å². The highest BCUT2D eigenvalue weighted by Gasteiger charge is 2.23. The second kappa shape index (κ2) is 5.88. The summed E-state index contributed by atoms with van der Waals surface area (Å²) in [5.41, 5.74) is -0.952. The first-order valence-corrected chi connectivity index (χ1v) is 8.14. The zero-order chi connectivity index (χ0) is 15.6. The molecule has 0 aliphatic carbocycles. The Balaban J connectivity index is 2.33. The second-order valence-corrected chi connectivity index (χ2v) is 7.03. The first kappa shape index (κ1) is 15.5. The molecule has 0 saturated carbocycles. The molecule has 6 nitrogen and oxygen atoms in total. The number of halogens is 1. The number of nitrogens with zero attached hydrogens (tertiary/aromatic N) is 1. The summed E-state index contributed by atoms with van der Waals surface area (Å²) in [6, 6.07) is 5.32. The Morgan fingerprint density at radius 1 is 1.43 bits per heavy atom. The first-order valence-electron chi connectivity index (χ1n) is 5.78. The zero-order valence-electron chi connectivity index (χ0n) is 10.9. The molecule has 0 bridgehead atoms. The van der Waals surface area contributed by atoms with Gasteiger partial charge in [-0.2, -0.15) is 4.39 Å². The molecule has 9 heteroatoms. The highest BCUT2D eigenvalue weighted by molar-refractivity contribution is 7.89. The average Bonchev–Trinajstić information content (AvgIpc) is 2.92. The second-order valence-electron chi connectivity index (χ2n) is 4.23. The lowest BCUT2D eigenvalue weighted by Gasteiger charge is -2.07. The molecule has 1 aromatic heterocycles. The van der Waals surface area contributed by atoms with E-state index in [0.717, 1.165) is 17.0 Å². The molecule has 1 N–H and O–H groups in total. The number of sulfonamides is 1. The molecule has 1 heterocycles. The van der Waals surface area contributed by atoms with Gasteiger partial charge in [0.2, 0.25) is 15.8 Å². The fourth-order valence-corrected chi connectivity index (χ4v) is 3.52. The minimum Gasteiger partial charge on any atom is -0.258 e. The molecule has 1 aromatic carbocycles. The fourth-order valence-electron chi connectivity index (χ4n) is 1.67. The van der Waals surface area contributed by atoms with Gasteiger partial charge in [0.1, 0.15) is 0 Å². The van der Waals surface area contributed by atoms with Crippen molar-refractivity contribution in [3.05, 3.63) is 56.0 Å². The van der Waals surface area contributed by atoms with Crippen LogP contribution in [0.2, 0.25) is 0 Å². The number of nitro benzene ring substituents is 1. The minimum absolute atomic E-state index is 0.0736. The van der Waals surface area contributed by atoms with Crippen LogP contribution >= 0.6 is 11.3 Å². The summed E-state index contributed by atoms with van der Waals surface area (Å²) < 4.78 is 40.1. The maximum atomic E-state index is 13.6. The molecule has 0 amide bonds. The lowest BCUT2D eigenvalue weighted by Crippen LogP contribution is -2.23. The zero-order valence-corrected chi connectivity index (χ0v) is 12.5. The Hall–Kier alpha value is -1.84. The summed E-state index contributed by atoms with van der Waals surface area (Å²) in [4.78, 5) is 10.3. The summed E-state index contributed by atoms with van der Waals surface area (Å²) in [6.07, 6.45) is 0. The molecular weight excluding hydrogens is 319 g/mol. The van der Waals surface area contributed by atoms with Crippen LogP contribution in [0.5, 0.6) is 0 Å². The van der Waals surface area contributed by atoms with Gasteiger partial charge in [0.15, 0.2) is 0 Å². The summed E-state index contributed by atoms with van der Waals surface area (Å²) in [6.45, 7) is 1.35.